The fourth-order valence-corrected chi connectivity index (χ4v) is 2.26. The lowest BCUT2D eigenvalue weighted by Crippen LogP contribution is -2.27. The van der Waals surface area contributed by atoms with Crippen LogP contribution in [0.25, 0.3) is 12.2 Å². The van der Waals surface area contributed by atoms with E-state index in [1.807, 2.05) is 0 Å². The zero-order valence-electron chi connectivity index (χ0n) is 9.84. The fraction of sp³-hybridized carbons (Fsp3) is 0.467. The minimum absolute atomic E-state index is 1.21. The van der Waals surface area contributed by atoms with Crippen LogP contribution < -0.4 is 10.4 Å². The van der Waals surface area contributed by atoms with Crippen molar-refractivity contribution in [1.29, 1.82) is 0 Å². The Balaban J connectivity index is 2.42. The van der Waals surface area contributed by atoms with Gasteiger partial charge in [0.15, 0.2) is 0 Å². The van der Waals surface area contributed by atoms with Crippen LogP contribution in [0.2, 0.25) is 0 Å². The number of fused-ring (bicyclic) bond motifs is 1. The molecule has 0 heteroatoms. The molecule has 0 fully saturated rings. The van der Waals surface area contributed by atoms with Gasteiger partial charge in [-0.25, -0.2) is 0 Å². The van der Waals surface area contributed by atoms with Crippen LogP contribution in [0.1, 0.15) is 43.7 Å². The van der Waals surface area contributed by atoms with Crippen LogP contribution in [0.3, 0.4) is 0 Å². The highest BCUT2D eigenvalue weighted by molar-refractivity contribution is 5.42. The van der Waals surface area contributed by atoms with Crippen molar-refractivity contribution >= 4 is 12.2 Å². The van der Waals surface area contributed by atoms with E-state index in [2.05, 4.69) is 38.1 Å². The van der Waals surface area contributed by atoms with Gasteiger partial charge in [0.1, 0.15) is 0 Å². The normalized spacial score (nSPS) is 14.0. The Labute approximate surface area is 92.3 Å². The van der Waals surface area contributed by atoms with E-state index in [-0.39, 0.29) is 0 Å². The van der Waals surface area contributed by atoms with E-state index in [0.717, 1.165) is 0 Å². The van der Waals surface area contributed by atoms with Crippen LogP contribution in [0.5, 0.6) is 0 Å². The summed E-state index contributed by atoms with van der Waals surface area (Å²) in [4.78, 5) is 0. The zero-order valence-corrected chi connectivity index (χ0v) is 9.84. The number of hydrogen-bond donors (Lipinski definition) is 0. The van der Waals surface area contributed by atoms with Crippen molar-refractivity contribution in [2.24, 2.45) is 0 Å². The van der Waals surface area contributed by atoms with Crippen molar-refractivity contribution in [3.05, 3.63) is 33.7 Å². The van der Waals surface area contributed by atoms with Crippen molar-refractivity contribution in [1.82, 2.24) is 0 Å². The molecule has 0 amide bonds. The van der Waals surface area contributed by atoms with Gasteiger partial charge < -0.3 is 0 Å². The maximum absolute atomic E-state index is 2.40. The minimum Gasteiger partial charge on any atom is -0.0764 e. The maximum Gasteiger partial charge on any atom is -0.0224 e. The fourth-order valence-electron chi connectivity index (χ4n) is 2.26. The number of unbranched alkanes of at least 4 members (excludes halogenated alkanes) is 1. The molecule has 0 saturated heterocycles. The molecule has 0 N–H and O–H groups in total. The van der Waals surface area contributed by atoms with Crippen LogP contribution in [0.4, 0.5) is 0 Å². The summed E-state index contributed by atoms with van der Waals surface area (Å²) in [6.07, 6.45) is 11.0. The molecule has 0 heterocycles. The SMILES string of the molecule is CCCCc1cc2c(cc1C)=CCCC=2. The van der Waals surface area contributed by atoms with E-state index in [9.17, 15) is 0 Å². The zero-order chi connectivity index (χ0) is 10.7. The predicted molar refractivity (Wildman–Crippen MR) is 67.2 cm³/mol. The highest BCUT2D eigenvalue weighted by Crippen LogP contribution is 2.08. The lowest BCUT2D eigenvalue weighted by molar-refractivity contribution is 0.790. The summed E-state index contributed by atoms with van der Waals surface area (Å²) in [6, 6.07) is 4.76. The summed E-state index contributed by atoms with van der Waals surface area (Å²) in [6.45, 7) is 4.50. The van der Waals surface area contributed by atoms with Crippen molar-refractivity contribution < 1.29 is 0 Å². The monoisotopic (exact) mass is 200 g/mol. The third-order valence-corrected chi connectivity index (χ3v) is 3.24. The average Bonchev–Trinajstić information content (AvgIpc) is 2.26. The number of benzene rings is 1. The second-order valence-electron chi connectivity index (χ2n) is 4.50. The Morgan fingerprint density at radius 1 is 1.07 bits per heavy atom. The largest absolute Gasteiger partial charge is 0.0764 e. The Morgan fingerprint density at radius 3 is 2.40 bits per heavy atom. The Kier molecular flexibility index (Phi) is 3.25. The van der Waals surface area contributed by atoms with Crippen molar-refractivity contribution in [2.45, 2.75) is 46.0 Å². The lowest BCUT2D eigenvalue weighted by atomic mass is 9.98. The highest BCUT2D eigenvalue weighted by Gasteiger charge is 2.00. The third kappa shape index (κ3) is 2.31. The molecular formula is C15H20. The highest BCUT2D eigenvalue weighted by atomic mass is 14.1. The summed E-state index contributed by atoms with van der Waals surface area (Å²) in [5.41, 5.74) is 3.01. The molecule has 2 rings (SSSR count). The maximum atomic E-state index is 2.40. The second kappa shape index (κ2) is 4.65. The molecule has 0 radical (unpaired) electrons. The van der Waals surface area contributed by atoms with E-state index in [0.29, 0.717) is 0 Å². The molecule has 0 atom stereocenters. The molecule has 0 spiro atoms. The van der Waals surface area contributed by atoms with Gasteiger partial charge in [0, 0.05) is 0 Å². The molecule has 0 bridgehead atoms. The molecule has 80 valence electrons. The summed E-state index contributed by atoms with van der Waals surface area (Å²) in [7, 11) is 0. The average molecular weight is 200 g/mol. The van der Waals surface area contributed by atoms with Crippen LogP contribution in [0.15, 0.2) is 12.1 Å². The van der Waals surface area contributed by atoms with Crippen molar-refractivity contribution in [2.75, 3.05) is 0 Å². The van der Waals surface area contributed by atoms with Gasteiger partial charge in [-0.15, -0.1) is 0 Å². The molecule has 0 unspecified atom stereocenters. The van der Waals surface area contributed by atoms with Gasteiger partial charge >= 0.3 is 0 Å². The van der Waals surface area contributed by atoms with Gasteiger partial charge in [-0.2, -0.15) is 0 Å². The van der Waals surface area contributed by atoms with Crippen LogP contribution in [-0.4, -0.2) is 0 Å². The first kappa shape index (κ1) is 10.5. The quantitative estimate of drug-likeness (QED) is 0.704. The van der Waals surface area contributed by atoms with Gasteiger partial charge in [0.05, 0.1) is 0 Å². The van der Waals surface area contributed by atoms with Gasteiger partial charge in [-0.05, 0) is 54.2 Å². The summed E-state index contributed by atoms with van der Waals surface area (Å²) < 4.78 is 0. The van der Waals surface area contributed by atoms with Crippen LogP contribution in [-0.2, 0) is 6.42 Å². The molecule has 1 aliphatic carbocycles. The number of aryl methyl sites for hydroxylation is 2. The topological polar surface area (TPSA) is 0 Å². The second-order valence-corrected chi connectivity index (χ2v) is 4.50. The third-order valence-electron chi connectivity index (χ3n) is 3.24. The molecule has 0 aromatic heterocycles. The van der Waals surface area contributed by atoms with Gasteiger partial charge in [0.2, 0.25) is 0 Å². The van der Waals surface area contributed by atoms with E-state index >= 15 is 0 Å². The first-order chi connectivity index (χ1) is 7.31. The van der Waals surface area contributed by atoms with E-state index in [1.165, 1.54) is 48.1 Å². The first-order valence-corrected chi connectivity index (χ1v) is 6.11. The van der Waals surface area contributed by atoms with Gasteiger partial charge in [0.25, 0.3) is 0 Å². The molecule has 15 heavy (non-hydrogen) atoms. The van der Waals surface area contributed by atoms with Crippen molar-refractivity contribution in [3.8, 4) is 0 Å². The molecule has 0 aliphatic heterocycles. The molecule has 1 aromatic carbocycles. The number of rotatable bonds is 3. The van der Waals surface area contributed by atoms with E-state index < -0.39 is 0 Å². The molecule has 0 nitrogen and oxygen atoms in total. The smallest absolute Gasteiger partial charge is 0.0224 e. The Hall–Kier alpha value is -1.04. The number of hydrogen-bond acceptors (Lipinski definition) is 0. The molecule has 0 saturated carbocycles. The van der Waals surface area contributed by atoms with Crippen molar-refractivity contribution in [3.63, 3.8) is 0 Å². The van der Waals surface area contributed by atoms with Gasteiger partial charge in [-0.1, -0.05) is 37.6 Å². The van der Waals surface area contributed by atoms with Gasteiger partial charge in [-0.3, -0.25) is 0 Å². The van der Waals surface area contributed by atoms with E-state index in [4.69, 9.17) is 0 Å². The lowest BCUT2D eigenvalue weighted by Gasteiger charge is -2.08. The van der Waals surface area contributed by atoms with Crippen LogP contribution >= 0.6 is 0 Å². The first-order valence-electron chi connectivity index (χ1n) is 6.11. The minimum atomic E-state index is 1.21. The predicted octanol–water partition coefficient (Wildman–Crippen LogP) is 2.69. The Bertz CT molecular complexity index is 452. The Morgan fingerprint density at radius 2 is 1.73 bits per heavy atom. The molecule has 1 aliphatic rings. The van der Waals surface area contributed by atoms with E-state index in [1.54, 1.807) is 5.56 Å². The summed E-state index contributed by atoms with van der Waals surface area (Å²) in [5.74, 6) is 0. The molecule has 1 aromatic rings. The summed E-state index contributed by atoms with van der Waals surface area (Å²) >= 11 is 0. The van der Waals surface area contributed by atoms with Crippen LogP contribution in [0, 0.1) is 6.92 Å². The standard InChI is InChI=1S/C15H20/c1-3-4-7-13-11-15-9-6-5-8-14(15)10-12(13)2/h8-11H,3-7H2,1-2H3. The molecular weight excluding hydrogens is 180 g/mol. The summed E-state index contributed by atoms with van der Waals surface area (Å²) in [5, 5.41) is 2.90.